The number of hydrogen-bond donors (Lipinski definition) is 3. The summed E-state index contributed by atoms with van der Waals surface area (Å²) in [5.41, 5.74) is 2.63. The smallest absolute Gasteiger partial charge is 0.247 e. The van der Waals surface area contributed by atoms with Gasteiger partial charge in [0, 0.05) is 40.9 Å². The minimum atomic E-state index is -1.23. The average Bonchev–Trinajstić information content (AvgIpc) is 3.31. The van der Waals surface area contributed by atoms with E-state index in [1.165, 1.54) is 24.2 Å². The highest BCUT2D eigenvalue weighted by Crippen LogP contribution is 2.51. The van der Waals surface area contributed by atoms with Crippen LogP contribution in [-0.4, -0.2) is 71.7 Å². The lowest BCUT2D eigenvalue weighted by Crippen LogP contribution is -2.55. The molecule has 0 saturated carbocycles. The molecular formula is C29H31ClN2O7. The summed E-state index contributed by atoms with van der Waals surface area (Å²) in [4.78, 5) is 40.0. The minimum Gasteiger partial charge on any atom is -0.493 e. The predicted octanol–water partition coefficient (Wildman–Crippen LogP) is 2.78. The van der Waals surface area contributed by atoms with Gasteiger partial charge in [0.15, 0.2) is 11.5 Å². The van der Waals surface area contributed by atoms with Crippen LogP contribution in [0.3, 0.4) is 0 Å². The summed E-state index contributed by atoms with van der Waals surface area (Å²) < 4.78 is 11.6. The fourth-order valence-electron chi connectivity index (χ4n) is 5.01. The largest absolute Gasteiger partial charge is 0.493 e. The normalized spacial score (nSPS) is 21.0. The van der Waals surface area contributed by atoms with Gasteiger partial charge in [0.2, 0.25) is 11.8 Å². The number of fused-ring (bicyclic) bond motifs is 3. The monoisotopic (exact) mass is 554 g/mol. The van der Waals surface area contributed by atoms with Crippen LogP contribution >= 0.6 is 11.6 Å². The number of halogens is 1. The first-order valence-electron chi connectivity index (χ1n) is 12.5. The van der Waals surface area contributed by atoms with Crippen molar-refractivity contribution < 1.29 is 34.1 Å². The van der Waals surface area contributed by atoms with Gasteiger partial charge in [-0.1, -0.05) is 29.3 Å². The standard InChI is InChI=1S/C29H31ClN2O7/c1-16(2)10-24(35)32(14-17-4-6-19(30)7-5-17)22-13-21(29(37)31-8-9-33)25-20-11-18(15-34)12-23(38-3)27(20)39-28(25)26(22)36/h4-7,10-13,15,22,25-26,28,33,36H,8-9,14H2,1-3H3,(H,31,37). The van der Waals surface area contributed by atoms with Gasteiger partial charge in [0.1, 0.15) is 18.5 Å². The molecule has 0 radical (unpaired) electrons. The van der Waals surface area contributed by atoms with Gasteiger partial charge in [0.05, 0.1) is 25.7 Å². The molecule has 206 valence electrons. The van der Waals surface area contributed by atoms with Crippen LogP contribution in [0.1, 0.15) is 41.3 Å². The fourth-order valence-corrected chi connectivity index (χ4v) is 5.13. The Morgan fingerprint density at radius 2 is 1.92 bits per heavy atom. The van der Waals surface area contributed by atoms with Crippen molar-refractivity contribution in [3.05, 3.63) is 81.4 Å². The molecule has 2 amide bonds. The zero-order valence-electron chi connectivity index (χ0n) is 21.9. The van der Waals surface area contributed by atoms with Crippen molar-refractivity contribution >= 4 is 29.7 Å². The minimum absolute atomic E-state index is 0.0113. The Kier molecular flexibility index (Phi) is 8.74. The molecule has 0 saturated heterocycles. The Bertz CT molecular complexity index is 1320. The molecule has 1 heterocycles. The van der Waals surface area contributed by atoms with Crippen molar-refractivity contribution in [1.29, 1.82) is 0 Å². The van der Waals surface area contributed by atoms with Crippen molar-refractivity contribution in [2.45, 2.75) is 44.6 Å². The molecule has 4 atom stereocenters. The molecule has 3 N–H and O–H groups in total. The van der Waals surface area contributed by atoms with Crippen LogP contribution in [0.5, 0.6) is 11.5 Å². The number of methoxy groups -OCH3 is 1. The number of ether oxygens (including phenoxy) is 2. The van der Waals surface area contributed by atoms with Gasteiger partial charge in [0.25, 0.3) is 0 Å². The third-order valence-corrected chi connectivity index (χ3v) is 6.98. The Balaban J connectivity index is 1.84. The highest BCUT2D eigenvalue weighted by molar-refractivity contribution is 6.30. The summed E-state index contributed by atoms with van der Waals surface area (Å²) >= 11 is 6.05. The second-order valence-corrected chi connectivity index (χ2v) is 10.2. The van der Waals surface area contributed by atoms with Gasteiger partial charge in [-0.3, -0.25) is 14.4 Å². The number of aldehydes is 1. The first-order valence-corrected chi connectivity index (χ1v) is 12.9. The zero-order chi connectivity index (χ0) is 28.3. The van der Waals surface area contributed by atoms with E-state index in [0.717, 1.165) is 11.1 Å². The van der Waals surface area contributed by atoms with Gasteiger partial charge >= 0.3 is 0 Å². The second-order valence-electron chi connectivity index (χ2n) is 9.72. The van der Waals surface area contributed by atoms with E-state index in [9.17, 15) is 24.6 Å². The number of nitrogens with one attached hydrogen (secondary N) is 1. The third kappa shape index (κ3) is 5.85. The highest BCUT2D eigenvalue weighted by Gasteiger charge is 2.51. The van der Waals surface area contributed by atoms with E-state index in [-0.39, 0.29) is 31.2 Å². The third-order valence-electron chi connectivity index (χ3n) is 6.73. The predicted molar refractivity (Wildman–Crippen MR) is 145 cm³/mol. The molecule has 0 fully saturated rings. The second kappa shape index (κ2) is 12.0. The molecular weight excluding hydrogens is 524 g/mol. The van der Waals surface area contributed by atoms with Crippen molar-refractivity contribution in [2.24, 2.45) is 0 Å². The molecule has 2 aliphatic rings. The van der Waals surface area contributed by atoms with Crippen LogP contribution in [0.25, 0.3) is 0 Å². The molecule has 10 heteroatoms. The van der Waals surface area contributed by atoms with E-state index < -0.39 is 30.1 Å². The van der Waals surface area contributed by atoms with Gasteiger partial charge in [-0.25, -0.2) is 0 Å². The van der Waals surface area contributed by atoms with E-state index in [4.69, 9.17) is 21.1 Å². The molecule has 4 rings (SSSR count). The summed E-state index contributed by atoms with van der Waals surface area (Å²) in [6.07, 6.45) is 1.52. The lowest BCUT2D eigenvalue weighted by atomic mass is 9.77. The number of benzene rings is 2. The topological polar surface area (TPSA) is 125 Å². The molecule has 4 unspecified atom stereocenters. The molecule has 2 aromatic rings. The summed E-state index contributed by atoms with van der Waals surface area (Å²) in [7, 11) is 1.44. The van der Waals surface area contributed by atoms with Crippen molar-refractivity contribution in [2.75, 3.05) is 20.3 Å². The van der Waals surface area contributed by atoms with E-state index in [2.05, 4.69) is 5.32 Å². The number of carbonyl (C=O) groups excluding carboxylic acids is 3. The zero-order valence-corrected chi connectivity index (χ0v) is 22.6. The van der Waals surface area contributed by atoms with Crippen LogP contribution in [0, 0.1) is 0 Å². The Morgan fingerprint density at radius 1 is 1.21 bits per heavy atom. The maximum absolute atomic E-state index is 13.5. The lowest BCUT2D eigenvalue weighted by Gasteiger charge is -2.40. The number of carbonyl (C=O) groups is 3. The molecule has 2 aromatic carbocycles. The van der Waals surface area contributed by atoms with Crippen LogP contribution in [0.4, 0.5) is 0 Å². The highest BCUT2D eigenvalue weighted by atomic mass is 35.5. The molecule has 1 aliphatic carbocycles. The Hall–Kier alpha value is -3.66. The number of aliphatic hydroxyl groups excluding tert-OH is 2. The first kappa shape index (κ1) is 28.4. The van der Waals surface area contributed by atoms with Crippen LogP contribution in [0.15, 0.2) is 59.7 Å². The number of nitrogens with zero attached hydrogens (tertiary/aromatic N) is 1. The fraction of sp³-hybridized carbons (Fsp3) is 0.345. The molecule has 9 nitrogen and oxygen atoms in total. The molecule has 1 aliphatic heterocycles. The number of aliphatic hydroxyl groups is 2. The number of amides is 2. The number of hydrogen-bond acceptors (Lipinski definition) is 7. The lowest BCUT2D eigenvalue weighted by molar-refractivity contribution is -0.133. The maximum atomic E-state index is 13.5. The molecule has 39 heavy (non-hydrogen) atoms. The summed E-state index contributed by atoms with van der Waals surface area (Å²) in [5, 5.41) is 24.2. The number of rotatable bonds is 9. The van der Waals surface area contributed by atoms with E-state index in [0.29, 0.717) is 33.9 Å². The maximum Gasteiger partial charge on any atom is 0.247 e. The van der Waals surface area contributed by atoms with Gasteiger partial charge in [-0.15, -0.1) is 0 Å². The quantitative estimate of drug-likeness (QED) is 0.321. The summed E-state index contributed by atoms with van der Waals surface area (Å²) in [6.45, 7) is 3.47. The Labute approximate surface area is 231 Å². The van der Waals surface area contributed by atoms with Crippen LogP contribution in [0.2, 0.25) is 5.02 Å². The van der Waals surface area contributed by atoms with Crippen LogP contribution in [-0.2, 0) is 16.1 Å². The van der Waals surface area contributed by atoms with Crippen molar-refractivity contribution in [3.8, 4) is 11.5 Å². The molecule has 0 spiro atoms. The van der Waals surface area contributed by atoms with E-state index in [1.54, 1.807) is 50.3 Å². The van der Waals surface area contributed by atoms with Gasteiger partial charge in [-0.2, -0.15) is 0 Å². The summed E-state index contributed by atoms with van der Waals surface area (Å²) in [6, 6.07) is 9.19. The molecule has 0 aromatic heterocycles. The first-order chi connectivity index (χ1) is 18.7. The molecule has 0 bridgehead atoms. The number of allylic oxidation sites excluding steroid dienone is 1. The van der Waals surface area contributed by atoms with E-state index >= 15 is 0 Å². The van der Waals surface area contributed by atoms with Gasteiger partial charge < -0.3 is 29.9 Å². The SMILES string of the molecule is COc1cc(C=O)cc2c1OC1C2C(C(=O)NCCO)=CC(N(Cc2ccc(Cl)cc2)C(=O)C=C(C)C)C1O. The Morgan fingerprint density at radius 3 is 2.54 bits per heavy atom. The summed E-state index contributed by atoms with van der Waals surface area (Å²) in [5.74, 6) is -0.964. The van der Waals surface area contributed by atoms with E-state index in [1.807, 2.05) is 0 Å². The van der Waals surface area contributed by atoms with Crippen molar-refractivity contribution in [3.63, 3.8) is 0 Å². The average molecular weight is 555 g/mol. The van der Waals surface area contributed by atoms with Gasteiger partial charge in [-0.05, 0) is 49.8 Å². The van der Waals surface area contributed by atoms with Crippen LogP contribution < -0.4 is 14.8 Å². The van der Waals surface area contributed by atoms with Crippen molar-refractivity contribution in [1.82, 2.24) is 10.2 Å².